The second kappa shape index (κ2) is 7.43. The summed E-state index contributed by atoms with van der Waals surface area (Å²) in [5.74, 6) is -0.169. The van der Waals surface area contributed by atoms with Gasteiger partial charge in [0, 0.05) is 30.2 Å². The van der Waals surface area contributed by atoms with Crippen molar-refractivity contribution < 1.29 is 9.59 Å². The minimum atomic E-state index is -0.132. The van der Waals surface area contributed by atoms with Gasteiger partial charge in [-0.15, -0.1) is 0 Å². The van der Waals surface area contributed by atoms with Gasteiger partial charge in [-0.25, -0.2) is 0 Å². The van der Waals surface area contributed by atoms with Gasteiger partial charge in [-0.05, 0) is 44.5 Å². The molecule has 0 aliphatic rings. The molecule has 20 heavy (non-hydrogen) atoms. The highest BCUT2D eigenvalue weighted by Crippen LogP contribution is 2.23. The van der Waals surface area contributed by atoms with Gasteiger partial charge in [0.1, 0.15) is 6.54 Å². The van der Waals surface area contributed by atoms with Crippen LogP contribution in [0.2, 0.25) is 0 Å². The Morgan fingerprint density at radius 3 is 2.25 bits per heavy atom. The molecule has 0 atom stereocenters. The Kier molecular flexibility index (Phi) is 6.20. The lowest BCUT2D eigenvalue weighted by Gasteiger charge is -2.25. The molecule has 0 aliphatic heterocycles. The molecule has 5 heteroatoms. The third-order valence-corrected chi connectivity index (χ3v) is 4.13. The van der Waals surface area contributed by atoms with E-state index in [0.29, 0.717) is 13.1 Å². The van der Waals surface area contributed by atoms with Crippen LogP contribution < -0.4 is 4.90 Å². The molecule has 0 unspecified atom stereocenters. The molecule has 0 fully saturated rings. The molecular weight excluding hydrogens is 320 g/mol. The highest BCUT2D eigenvalue weighted by Gasteiger charge is 2.19. The number of carbonyl (C=O) groups is 2. The average Bonchev–Trinajstić information content (AvgIpc) is 2.40. The minimum absolute atomic E-state index is 0.0363. The van der Waals surface area contributed by atoms with Crippen molar-refractivity contribution in [3.63, 3.8) is 0 Å². The van der Waals surface area contributed by atoms with E-state index < -0.39 is 0 Å². The summed E-state index contributed by atoms with van der Waals surface area (Å²) >= 11 is 3.43. The monoisotopic (exact) mass is 340 g/mol. The Labute approximate surface area is 128 Å². The lowest BCUT2D eigenvalue weighted by atomic mass is 10.2. The van der Waals surface area contributed by atoms with Crippen molar-refractivity contribution in [2.45, 2.75) is 27.7 Å². The quantitative estimate of drug-likeness (QED) is 0.826. The topological polar surface area (TPSA) is 40.6 Å². The molecule has 1 aromatic carbocycles. The average molecular weight is 341 g/mol. The van der Waals surface area contributed by atoms with Crippen LogP contribution in [0, 0.1) is 6.92 Å². The van der Waals surface area contributed by atoms with Crippen molar-refractivity contribution in [3.8, 4) is 0 Å². The lowest BCUT2D eigenvalue weighted by molar-refractivity contribution is -0.130. The number of nitrogens with zero attached hydrogens (tertiary/aromatic N) is 2. The smallest absolute Gasteiger partial charge is 0.242 e. The van der Waals surface area contributed by atoms with E-state index in [1.807, 2.05) is 39.0 Å². The Morgan fingerprint density at radius 2 is 1.80 bits per heavy atom. The summed E-state index contributed by atoms with van der Waals surface area (Å²) in [6, 6.07) is 5.64. The van der Waals surface area contributed by atoms with Gasteiger partial charge in [-0.3, -0.25) is 9.59 Å². The first-order valence-electron chi connectivity index (χ1n) is 6.72. The van der Waals surface area contributed by atoms with Crippen LogP contribution in [-0.2, 0) is 9.59 Å². The summed E-state index contributed by atoms with van der Waals surface area (Å²) in [6.07, 6.45) is 0. The normalized spacial score (nSPS) is 10.2. The molecule has 0 saturated carbocycles. The van der Waals surface area contributed by atoms with Crippen LogP contribution in [0.3, 0.4) is 0 Å². The second-order valence-electron chi connectivity index (χ2n) is 4.60. The van der Waals surface area contributed by atoms with E-state index in [-0.39, 0.29) is 18.4 Å². The predicted octanol–water partition coefficient (Wildman–Crippen LogP) is 2.98. The van der Waals surface area contributed by atoms with E-state index >= 15 is 0 Å². The number of hydrogen-bond acceptors (Lipinski definition) is 2. The Balaban J connectivity index is 2.97. The zero-order valence-electron chi connectivity index (χ0n) is 12.4. The number of carbonyl (C=O) groups excluding carboxylic acids is 2. The van der Waals surface area contributed by atoms with Gasteiger partial charge in [0.05, 0.1) is 0 Å². The largest absolute Gasteiger partial charge is 0.342 e. The third-order valence-electron chi connectivity index (χ3n) is 3.24. The number of anilines is 1. The molecule has 0 bridgehead atoms. The van der Waals surface area contributed by atoms with E-state index in [4.69, 9.17) is 0 Å². The van der Waals surface area contributed by atoms with Crippen LogP contribution in [0.1, 0.15) is 26.3 Å². The summed E-state index contributed by atoms with van der Waals surface area (Å²) in [7, 11) is 0. The molecule has 0 radical (unpaired) electrons. The van der Waals surface area contributed by atoms with Gasteiger partial charge in [0.2, 0.25) is 11.8 Å². The summed E-state index contributed by atoms with van der Waals surface area (Å²) in [6.45, 7) is 8.69. The first-order valence-corrected chi connectivity index (χ1v) is 7.52. The first kappa shape index (κ1) is 16.7. The van der Waals surface area contributed by atoms with Gasteiger partial charge in [-0.2, -0.15) is 0 Å². The molecule has 1 rings (SSSR count). The molecule has 0 heterocycles. The van der Waals surface area contributed by atoms with Gasteiger partial charge in [0.25, 0.3) is 0 Å². The Hall–Kier alpha value is -1.36. The van der Waals surface area contributed by atoms with E-state index in [9.17, 15) is 9.59 Å². The van der Waals surface area contributed by atoms with Crippen LogP contribution >= 0.6 is 15.9 Å². The fourth-order valence-electron chi connectivity index (χ4n) is 1.99. The van der Waals surface area contributed by atoms with Crippen molar-refractivity contribution in [1.29, 1.82) is 0 Å². The first-order chi connectivity index (χ1) is 9.40. The molecule has 2 amide bonds. The fourth-order valence-corrected chi connectivity index (χ4v) is 2.24. The van der Waals surface area contributed by atoms with Crippen LogP contribution in [0.4, 0.5) is 5.69 Å². The summed E-state index contributed by atoms with van der Waals surface area (Å²) in [4.78, 5) is 27.2. The van der Waals surface area contributed by atoms with Gasteiger partial charge < -0.3 is 9.80 Å². The number of likely N-dealkylation sites (N-methyl/N-ethyl adjacent to an activating group) is 1. The number of amides is 2. The number of hydrogen-bond donors (Lipinski definition) is 0. The van der Waals surface area contributed by atoms with Crippen molar-refractivity contribution in [3.05, 3.63) is 28.2 Å². The summed E-state index contributed by atoms with van der Waals surface area (Å²) in [5, 5.41) is 0. The van der Waals surface area contributed by atoms with Crippen molar-refractivity contribution in [2.24, 2.45) is 0 Å². The van der Waals surface area contributed by atoms with Crippen molar-refractivity contribution >= 4 is 33.4 Å². The van der Waals surface area contributed by atoms with E-state index in [1.165, 1.54) is 11.8 Å². The number of aryl methyl sites for hydroxylation is 1. The molecule has 0 N–H and O–H groups in total. The molecule has 0 spiro atoms. The summed E-state index contributed by atoms with van der Waals surface area (Å²) in [5.41, 5.74) is 1.78. The highest BCUT2D eigenvalue weighted by molar-refractivity contribution is 9.10. The SMILES string of the molecule is CCN(CC)C(=O)CN(C(C)=O)c1ccc(Br)c(C)c1. The Morgan fingerprint density at radius 1 is 1.20 bits per heavy atom. The molecule has 1 aromatic rings. The van der Waals surface area contributed by atoms with Gasteiger partial charge in [-0.1, -0.05) is 15.9 Å². The van der Waals surface area contributed by atoms with Gasteiger partial charge in [0.15, 0.2) is 0 Å². The van der Waals surface area contributed by atoms with Crippen LogP contribution in [-0.4, -0.2) is 36.3 Å². The van der Waals surface area contributed by atoms with E-state index in [1.54, 1.807) is 4.90 Å². The molecule has 0 saturated heterocycles. The molecular formula is C15H21BrN2O2. The summed E-state index contributed by atoms with van der Waals surface area (Å²) < 4.78 is 0.986. The lowest BCUT2D eigenvalue weighted by Crippen LogP contribution is -2.42. The highest BCUT2D eigenvalue weighted by atomic mass is 79.9. The number of benzene rings is 1. The zero-order valence-corrected chi connectivity index (χ0v) is 14.0. The van der Waals surface area contributed by atoms with Crippen molar-refractivity contribution in [2.75, 3.05) is 24.5 Å². The Bertz CT molecular complexity index is 499. The minimum Gasteiger partial charge on any atom is -0.342 e. The molecule has 0 aromatic heterocycles. The van der Waals surface area contributed by atoms with Crippen molar-refractivity contribution in [1.82, 2.24) is 4.90 Å². The van der Waals surface area contributed by atoms with E-state index in [2.05, 4.69) is 15.9 Å². The molecule has 0 aliphatic carbocycles. The van der Waals surface area contributed by atoms with E-state index in [0.717, 1.165) is 15.7 Å². The van der Waals surface area contributed by atoms with Crippen LogP contribution in [0.15, 0.2) is 22.7 Å². The van der Waals surface area contributed by atoms with Crippen LogP contribution in [0.5, 0.6) is 0 Å². The molecule has 4 nitrogen and oxygen atoms in total. The number of halogens is 1. The zero-order chi connectivity index (χ0) is 15.3. The maximum Gasteiger partial charge on any atom is 0.242 e. The number of rotatable bonds is 5. The maximum atomic E-state index is 12.2. The van der Waals surface area contributed by atoms with Gasteiger partial charge >= 0.3 is 0 Å². The third kappa shape index (κ3) is 4.07. The standard InChI is InChI=1S/C15H21BrN2O2/c1-5-17(6-2)15(20)10-18(12(4)19)13-7-8-14(16)11(3)9-13/h7-9H,5-6,10H2,1-4H3. The maximum absolute atomic E-state index is 12.2. The molecule has 110 valence electrons. The van der Waals surface area contributed by atoms with Crippen LogP contribution in [0.25, 0.3) is 0 Å². The second-order valence-corrected chi connectivity index (χ2v) is 5.46. The predicted molar refractivity (Wildman–Crippen MR) is 84.8 cm³/mol. The fraction of sp³-hybridized carbons (Fsp3) is 0.467.